The molecule has 1 aliphatic heterocycles. The molecule has 0 spiro atoms. The Morgan fingerprint density at radius 2 is 2.04 bits per heavy atom. The van der Waals surface area contributed by atoms with Crippen LogP contribution in [0.2, 0.25) is 0 Å². The van der Waals surface area contributed by atoms with Gasteiger partial charge in [-0.2, -0.15) is 0 Å². The quantitative estimate of drug-likeness (QED) is 0.587. The molecule has 0 aliphatic carbocycles. The van der Waals surface area contributed by atoms with Crippen molar-refractivity contribution in [3.63, 3.8) is 0 Å². The van der Waals surface area contributed by atoms with Crippen LogP contribution in [0.4, 0.5) is 0 Å². The maximum Gasteiger partial charge on any atom is 0.139 e. The average molecular weight is 365 g/mol. The Balaban J connectivity index is 1.28. The second-order valence-corrected chi connectivity index (χ2v) is 6.63. The molecule has 3 aromatic rings. The molecular weight excluding hydrogens is 342 g/mol. The number of rotatable bonds is 9. The highest BCUT2D eigenvalue weighted by atomic mass is 16.5. The molecule has 1 N–H and O–H groups in total. The van der Waals surface area contributed by atoms with E-state index in [9.17, 15) is 0 Å². The van der Waals surface area contributed by atoms with Gasteiger partial charge in [-0.25, -0.2) is 0 Å². The third-order valence-corrected chi connectivity index (χ3v) is 4.55. The Labute approximate surface area is 158 Å². The third-order valence-electron chi connectivity index (χ3n) is 4.55. The molecule has 6 heteroatoms. The first-order chi connectivity index (χ1) is 13.4. The fraction of sp³-hybridized carbons (Fsp3) is 0.333. The van der Waals surface area contributed by atoms with Gasteiger partial charge >= 0.3 is 0 Å². The lowest BCUT2D eigenvalue weighted by Crippen LogP contribution is -2.46. The minimum absolute atomic E-state index is 0.447. The highest BCUT2D eigenvalue weighted by Crippen LogP contribution is 2.23. The number of hydrogen-bond donors (Lipinski definition) is 1. The summed E-state index contributed by atoms with van der Waals surface area (Å²) in [5.74, 6) is 1.54. The normalized spacial score (nSPS) is 16.1. The van der Waals surface area contributed by atoms with Crippen molar-refractivity contribution >= 4 is 0 Å². The van der Waals surface area contributed by atoms with Gasteiger partial charge in [-0.15, -0.1) is 0 Å². The summed E-state index contributed by atoms with van der Waals surface area (Å²) in [4.78, 5) is 4.25. The molecule has 6 nitrogen and oxygen atoms in total. The first-order valence-corrected chi connectivity index (χ1v) is 9.26. The van der Waals surface area contributed by atoms with Crippen LogP contribution in [-0.2, 0) is 17.8 Å². The summed E-state index contributed by atoms with van der Waals surface area (Å²) in [5, 5.41) is 7.46. The predicted octanol–water partition coefficient (Wildman–Crippen LogP) is 3.24. The van der Waals surface area contributed by atoms with Gasteiger partial charge in [0.15, 0.2) is 0 Å². The lowest BCUT2D eigenvalue weighted by molar-refractivity contribution is 0.119. The molecule has 3 heterocycles. The van der Waals surface area contributed by atoms with Gasteiger partial charge in [0.05, 0.1) is 19.4 Å². The molecular formula is C21H23N3O3. The fourth-order valence-corrected chi connectivity index (χ4v) is 2.83. The first kappa shape index (κ1) is 17.7. The van der Waals surface area contributed by atoms with Crippen LogP contribution in [0.15, 0.2) is 59.4 Å². The maximum absolute atomic E-state index is 5.80. The zero-order valence-electron chi connectivity index (χ0n) is 15.1. The van der Waals surface area contributed by atoms with Crippen LogP contribution < -0.4 is 10.1 Å². The third kappa shape index (κ3) is 4.93. The highest BCUT2D eigenvalue weighted by Gasteiger charge is 2.17. The Morgan fingerprint density at radius 1 is 1.15 bits per heavy atom. The Hall–Kier alpha value is -2.70. The molecule has 0 amide bonds. The molecule has 1 unspecified atom stereocenters. The summed E-state index contributed by atoms with van der Waals surface area (Å²) < 4.78 is 16.9. The molecule has 1 aliphatic rings. The van der Waals surface area contributed by atoms with Gasteiger partial charge in [0.1, 0.15) is 23.8 Å². The van der Waals surface area contributed by atoms with E-state index < -0.39 is 0 Å². The fourth-order valence-electron chi connectivity index (χ4n) is 2.83. The van der Waals surface area contributed by atoms with Crippen molar-refractivity contribution in [3.8, 4) is 17.0 Å². The van der Waals surface area contributed by atoms with Crippen LogP contribution in [0.3, 0.4) is 0 Å². The minimum Gasteiger partial charge on any atom is -0.490 e. The lowest BCUT2D eigenvalue weighted by Gasteiger charge is -2.27. The summed E-state index contributed by atoms with van der Waals surface area (Å²) in [7, 11) is 0. The van der Waals surface area contributed by atoms with E-state index in [0.717, 1.165) is 41.3 Å². The summed E-state index contributed by atoms with van der Waals surface area (Å²) >= 11 is 0. The van der Waals surface area contributed by atoms with E-state index in [1.54, 1.807) is 12.4 Å². The van der Waals surface area contributed by atoms with Crippen molar-refractivity contribution in [1.82, 2.24) is 15.5 Å². The standard InChI is InChI=1S/C21H23N3O3/c1-2-4-16(5-3-1)14-25-9-7-19-11-21(24-27-19)17-10-20(13-22-12-17)26-15-18-6-8-23-18/h1-5,10-13,18,23H,6-9,14-15H2. The van der Waals surface area contributed by atoms with E-state index in [4.69, 9.17) is 14.0 Å². The molecule has 27 heavy (non-hydrogen) atoms. The largest absolute Gasteiger partial charge is 0.490 e. The summed E-state index contributed by atoms with van der Waals surface area (Å²) in [6, 6.07) is 14.4. The zero-order chi connectivity index (χ0) is 18.3. The number of aromatic nitrogens is 2. The SMILES string of the molecule is c1ccc(COCCc2cc(-c3cncc(OCC4CCN4)c3)no2)cc1. The van der Waals surface area contributed by atoms with Crippen molar-refractivity contribution < 1.29 is 14.0 Å². The van der Waals surface area contributed by atoms with Gasteiger partial charge in [0, 0.05) is 30.3 Å². The first-order valence-electron chi connectivity index (χ1n) is 9.26. The van der Waals surface area contributed by atoms with Crippen LogP contribution in [0, 0.1) is 0 Å². The molecule has 1 saturated heterocycles. The zero-order valence-corrected chi connectivity index (χ0v) is 15.1. The van der Waals surface area contributed by atoms with Crippen molar-refractivity contribution in [2.75, 3.05) is 19.8 Å². The van der Waals surface area contributed by atoms with E-state index in [1.807, 2.05) is 30.3 Å². The smallest absolute Gasteiger partial charge is 0.139 e. The van der Waals surface area contributed by atoms with E-state index in [1.165, 1.54) is 0 Å². The topological polar surface area (TPSA) is 69.4 Å². The van der Waals surface area contributed by atoms with E-state index in [-0.39, 0.29) is 0 Å². The van der Waals surface area contributed by atoms with Gasteiger partial charge in [-0.1, -0.05) is 35.5 Å². The molecule has 0 radical (unpaired) electrons. The molecule has 0 bridgehead atoms. The number of nitrogens with zero attached hydrogens (tertiary/aromatic N) is 2. The summed E-state index contributed by atoms with van der Waals surface area (Å²) in [5.41, 5.74) is 2.80. The maximum atomic E-state index is 5.80. The van der Waals surface area contributed by atoms with Gasteiger partial charge in [-0.05, 0) is 24.6 Å². The Bertz CT molecular complexity index is 847. The molecule has 1 aromatic carbocycles. The molecule has 1 fully saturated rings. The van der Waals surface area contributed by atoms with Crippen LogP contribution in [0.25, 0.3) is 11.3 Å². The molecule has 0 saturated carbocycles. The van der Waals surface area contributed by atoms with Crippen LogP contribution in [-0.4, -0.2) is 35.9 Å². The highest BCUT2D eigenvalue weighted by molar-refractivity contribution is 5.59. The average Bonchev–Trinajstić information content (AvgIpc) is 3.14. The van der Waals surface area contributed by atoms with Crippen molar-refractivity contribution in [3.05, 3.63) is 66.2 Å². The second kappa shape index (κ2) is 8.79. The molecule has 1 atom stereocenters. The van der Waals surface area contributed by atoms with Gasteiger partial charge in [-0.3, -0.25) is 4.98 Å². The number of pyridine rings is 1. The van der Waals surface area contributed by atoms with Crippen LogP contribution in [0.5, 0.6) is 5.75 Å². The van der Waals surface area contributed by atoms with Gasteiger partial charge in [0.2, 0.25) is 0 Å². The molecule has 2 aromatic heterocycles. The number of benzene rings is 1. The number of ether oxygens (including phenoxy) is 2. The molecule has 140 valence electrons. The van der Waals surface area contributed by atoms with Crippen molar-refractivity contribution in [2.24, 2.45) is 0 Å². The predicted molar refractivity (Wildman–Crippen MR) is 101 cm³/mol. The number of hydrogen-bond acceptors (Lipinski definition) is 6. The van der Waals surface area contributed by atoms with E-state index in [0.29, 0.717) is 32.3 Å². The monoisotopic (exact) mass is 365 g/mol. The Morgan fingerprint density at radius 3 is 2.85 bits per heavy atom. The summed E-state index contributed by atoms with van der Waals surface area (Å²) in [6.45, 7) is 2.91. The summed E-state index contributed by atoms with van der Waals surface area (Å²) in [6.07, 6.45) is 5.32. The lowest BCUT2D eigenvalue weighted by atomic mass is 10.1. The molecule has 4 rings (SSSR count). The second-order valence-electron chi connectivity index (χ2n) is 6.63. The van der Waals surface area contributed by atoms with Crippen molar-refractivity contribution in [1.29, 1.82) is 0 Å². The van der Waals surface area contributed by atoms with Gasteiger partial charge in [0.25, 0.3) is 0 Å². The van der Waals surface area contributed by atoms with Crippen LogP contribution in [0.1, 0.15) is 17.7 Å². The van der Waals surface area contributed by atoms with E-state index in [2.05, 4.69) is 27.6 Å². The Kier molecular flexibility index (Phi) is 5.76. The number of nitrogens with one attached hydrogen (secondary N) is 1. The van der Waals surface area contributed by atoms with Crippen molar-refractivity contribution in [2.45, 2.75) is 25.5 Å². The minimum atomic E-state index is 0.447. The van der Waals surface area contributed by atoms with Gasteiger partial charge < -0.3 is 19.3 Å². The van der Waals surface area contributed by atoms with Crippen LogP contribution >= 0.6 is 0 Å². The van der Waals surface area contributed by atoms with E-state index >= 15 is 0 Å².